The van der Waals surface area contributed by atoms with E-state index in [9.17, 15) is 4.79 Å². The summed E-state index contributed by atoms with van der Waals surface area (Å²) in [5.41, 5.74) is 0. The number of rotatable bonds is 6. The van der Waals surface area contributed by atoms with Crippen LogP contribution in [0.4, 0.5) is 0 Å². The molecule has 4 heteroatoms. The van der Waals surface area contributed by atoms with Crippen molar-refractivity contribution in [3.05, 3.63) is 0 Å². The van der Waals surface area contributed by atoms with Crippen LogP contribution < -0.4 is 5.32 Å². The van der Waals surface area contributed by atoms with Crippen molar-refractivity contribution < 1.29 is 14.6 Å². The Balaban J connectivity index is 3.78. The fraction of sp³-hybridized carbons (Fsp3) is 0.875. The van der Waals surface area contributed by atoms with Crippen molar-refractivity contribution in [2.45, 2.75) is 32.9 Å². The van der Waals surface area contributed by atoms with Gasteiger partial charge in [-0.1, -0.05) is 13.8 Å². The fourth-order valence-corrected chi connectivity index (χ4v) is 0.829. The molecule has 4 nitrogen and oxygen atoms in total. The van der Waals surface area contributed by atoms with Crippen LogP contribution in [0.1, 0.15) is 20.8 Å². The van der Waals surface area contributed by atoms with Gasteiger partial charge in [-0.25, -0.2) is 0 Å². The van der Waals surface area contributed by atoms with Gasteiger partial charge in [-0.15, -0.1) is 0 Å². The van der Waals surface area contributed by atoms with Gasteiger partial charge in [-0.3, -0.25) is 4.79 Å². The molecule has 0 rings (SSSR count). The lowest BCUT2D eigenvalue weighted by Crippen LogP contribution is -2.44. The summed E-state index contributed by atoms with van der Waals surface area (Å²) in [6.07, 6.45) is 0. The zero-order valence-electron chi connectivity index (χ0n) is 7.83. The molecule has 0 aromatic carbocycles. The molecule has 0 aromatic heterocycles. The summed E-state index contributed by atoms with van der Waals surface area (Å²) in [6.45, 7) is 6.42. The minimum absolute atomic E-state index is 0.159. The summed E-state index contributed by atoms with van der Waals surface area (Å²) >= 11 is 0. The minimum atomic E-state index is -0.864. The second-order valence-electron chi connectivity index (χ2n) is 2.87. The van der Waals surface area contributed by atoms with Crippen LogP contribution in [0.5, 0.6) is 0 Å². The van der Waals surface area contributed by atoms with Crippen molar-refractivity contribution in [1.29, 1.82) is 0 Å². The Morgan fingerprint density at radius 3 is 2.50 bits per heavy atom. The first-order chi connectivity index (χ1) is 5.57. The Morgan fingerprint density at radius 2 is 2.17 bits per heavy atom. The summed E-state index contributed by atoms with van der Waals surface area (Å²) in [6, 6.07) is -0.434. The normalized spacial score (nSPS) is 13.3. The lowest BCUT2D eigenvalue weighted by Gasteiger charge is -2.16. The van der Waals surface area contributed by atoms with Gasteiger partial charge in [-0.05, 0) is 6.92 Å². The molecule has 0 bridgehead atoms. The predicted molar refractivity (Wildman–Crippen MR) is 46.2 cm³/mol. The van der Waals surface area contributed by atoms with Crippen molar-refractivity contribution in [3.63, 3.8) is 0 Å². The average Bonchev–Trinajstić information content (AvgIpc) is 1.96. The van der Waals surface area contributed by atoms with E-state index < -0.39 is 12.0 Å². The third-order valence-corrected chi connectivity index (χ3v) is 1.32. The molecular weight excluding hydrogens is 158 g/mol. The van der Waals surface area contributed by atoms with Crippen LogP contribution in [0.2, 0.25) is 0 Å². The van der Waals surface area contributed by atoms with E-state index in [1.54, 1.807) is 0 Å². The molecule has 0 heterocycles. The molecule has 1 atom stereocenters. The number of hydrogen-bond acceptors (Lipinski definition) is 3. The van der Waals surface area contributed by atoms with Crippen LogP contribution in [0.3, 0.4) is 0 Å². The zero-order valence-corrected chi connectivity index (χ0v) is 7.83. The molecule has 0 aliphatic heterocycles. The molecule has 0 fully saturated rings. The summed E-state index contributed by atoms with van der Waals surface area (Å²) in [7, 11) is 0. The second-order valence-corrected chi connectivity index (χ2v) is 2.87. The highest BCUT2D eigenvalue weighted by Gasteiger charge is 2.17. The maximum absolute atomic E-state index is 10.6. The topological polar surface area (TPSA) is 58.6 Å². The summed E-state index contributed by atoms with van der Waals surface area (Å²) in [4.78, 5) is 10.6. The number of hydrogen-bond donors (Lipinski definition) is 2. The molecule has 0 aliphatic carbocycles. The maximum Gasteiger partial charge on any atom is 0.323 e. The van der Waals surface area contributed by atoms with Gasteiger partial charge in [0, 0.05) is 12.6 Å². The molecule has 72 valence electrons. The Hall–Kier alpha value is -0.610. The lowest BCUT2D eigenvalue weighted by atomic mass is 10.2. The van der Waals surface area contributed by atoms with Gasteiger partial charge in [0.05, 0.1) is 6.61 Å². The molecular formula is C8H17NO3. The highest BCUT2D eigenvalue weighted by atomic mass is 16.5. The maximum atomic E-state index is 10.6. The van der Waals surface area contributed by atoms with E-state index in [2.05, 4.69) is 5.32 Å². The van der Waals surface area contributed by atoms with Crippen molar-refractivity contribution in [2.24, 2.45) is 0 Å². The Kier molecular flexibility index (Phi) is 5.66. The first kappa shape index (κ1) is 11.4. The van der Waals surface area contributed by atoms with Gasteiger partial charge in [0.15, 0.2) is 0 Å². The quantitative estimate of drug-likeness (QED) is 0.616. The standard InChI is InChI=1S/C8H17NO3/c1-4-12-5-7(8(10)11)9-6(2)3/h6-7,9H,4-5H2,1-3H3,(H,10,11). The molecule has 0 spiro atoms. The third kappa shape index (κ3) is 5.09. The highest BCUT2D eigenvalue weighted by Crippen LogP contribution is 1.89. The van der Waals surface area contributed by atoms with Crippen LogP contribution in [0, 0.1) is 0 Å². The van der Waals surface area contributed by atoms with Gasteiger partial charge < -0.3 is 15.2 Å². The van der Waals surface area contributed by atoms with Gasteiger partial charge in [0.1, 0.15) is 6.04 Å². The van der Waals surface area contributed by atoms with E-state index in [-0.39, 0.29) is 12.6 Å². The molecule has 0 saturated carbocycles. The zero-order chi connectivity index (χ0) is 9.56. The number of carbonyl (C=O) groups is 1. The predicted octanol–water partition coefficient (Wildman–Crippen LogP) is 0.474. The monoisotopic (exact) mass is 175 g/mol. The van der Waals surface area contributed by atoms with Crippen LogP contribution in [-0.4, -0.2) is 36.4 Å². The Labute approximate surface area is 72.9 Å². The summed E-state index contributed by atoms with van der Waals surface area (Å²) in [5.74, 6) is -0.864. The first-order valence-corrected chi connectivity index (χ1v) is 4.14. The Morgan fingerprint density at radius 1 is 1.58 bits per heavy atom. The van der Waals surface area contributed by atoms with E-state index in [0.29, 0.717) is 6.61 Å². The van der Waals surface area contributed by atoms with Crippen LogP contribution in [0.15, 0.2) is 0 Å². The van der Waals surface area contributed by atoms with Crippen molar-refractivity contribution >= 4 is 5.97 Å². The second kappa shape index (κ2) is 5.97. The Bertz CT molecular complexity index is 136. The average molecular weight is 175 g/mol. The summed E-state index contributed by atoms with van der Waals surface area (Å²) in [5, 5.41) is 11.6. The molecule has 1 unspecified atom stereocenters. The fourth-order valence-electron chi connectivity index (χ4n) is 0.829. The number of carboxylic acids is 1. The lowest BCUT2D eigenvalue weighted by molar-refractivity contribution is -0.141. The van der Waals surface area contributed by atoms with Crippen LogP contribution in [0.25, 0.3) is 0 Å². The number of nitrogens with one attached hydrogen (secondary N) is 1. The van der Waals surface area contributed by atoms with Gasteiger partial charge >= 0.3 is 5.97 Å². The molecule has 2 N–H and O–H groups in total. The molecule has 0 aliphatic rings. The third-order valence-electron chi connectivity index (χ3n) is 1.32. The van der Waals surface area contributed by atoms with E-state index in [1.165, 1.54) is 0 Å². The molecule has 12 heavy (non-hydrogen) atoms. The largest absolute Gasteiger partial charge is 0.480 e. The first-order valence-electron chi connectivity index (χ1n) is 4.14. The molecule has 0 saturated heterocycles. The van der Waals surface area contributed by atoms with Gasteiger partial charge in [0.2, 0.25) is 0 Å². The molecule has 0 amide bonds. The SMILES string of the molecule is CCOCC(NC(C)C)C(=O)O. The highest BCUT2D eigenvalue weighted by molar-refractivity contribution is 5.73. The smallest absolute Gasteiger partial charge is 0.323 e. The van der Waals surface area contributed by atoms with Gasteiger partial charge in [0.25, 0.3) is 0 Å². The van der Waals surface area contributed by atoms with E-state index in [1.807, 2.05) is 20.8 Å². The van der Waals surface area contributed by atoms with E-state index in [0.717, 1.165) is 0 Å². The van der Waals surface area contributed by atoms with Crippen molar-refractivity contribution in [1.82, 2.24) is 5.32 Å². The number of carboxylic acid groups (broad SMARTS) is 1. The molecule has 0 aromatic rings. The van der Waals surface area contributed by atoms with Gasteiger partial charge in [-0.2, -0.15) is 0 Å². The number of aliphatic carboxylic acids is 1. The number of ether oxygens (including phenoxy) is 1. The van der Waals surface area contributed by atoms with Crippen molar-refractivity contribution in [3.8, 4) is 0 Å². The molecule has 0 radical (unpaired) electrons. The van der Waals surface area contributed by atoms with Crippen LogP contribution >= 0.6 is 0 Å². The van der Waals surface area contributed by atoms with E-state index in [4.69, 9.17) is 9.84 Å². The minimum Gasteiger partial charge on any atom is -0.480 e. The summed E-state index contributed by atoms with van der Waals surface area (Å²) < 4.78 is 5.01. The van der Waals surface area contributed by atoms with E-state index >= 15 is 0 Å². The van der Waals surface area contributed by atoms with Crippen LogP contribution in [-0.2, 0) is 9.53 Å². The van der Waals surface area contributed by atoms with Crippen molar-refractivity contribution in [2.75, 3.05) is 13.2 Å².